The lowest BCUT2D eigenvalue weighted by Gasteiger charge is -2.14. The van der Waals surface area contributed by atoms with Crippen LogP contribution in [0.3, 0.4) is 0 Å². The third kappa shape index (κ3) is 3.51. The quantitative estimate of drug-likeness (QED) is 0.800. The van der Waals surface area contributed by atoms with Crippen LogP contribution in [0.5, 0.6) is 5.75 Å². The van der Waals surface area contributed by atoms with E-state index < -0.39 is 6.10 Å². The van der Waals surface area contributed by atoms with Crippen molar-refractivity contribution in [3.05, 3.63) is 29.3 Å². The molecule has 3 heteroatoms. The van der Waals surface area contributed by atoms with Gasteiger partial charge in [0.2, 0.25) is 0 Å². The lowest BCUT2D eigenvalue weighted by atomic mass is 9.98. The summed E-state index contributed by atoms with van der Waals surface area (Å²) in [4.78, 5) is 0. The van der Waals surface area contributed by atoms with E-state index in [1.807, 2.05) is 12.1 Å². The lowest BCUT2D eigenvalue weighted by molar-refractivity contribution is 0.114. The number of aryl methyl sites for hydroxylation is 1. The molecule has 0 spiro atoms. The second-order valence-electron chi connectivity index (χ2n) is 4.37. The maximum absolute atomic E-state index is 9.28. The summed E-state index contributed by atoms with van der Waals surface area (Å²) in [5.41, 5.74) is 7.84. The monoisotopic (exact) mass is 223 g/mol. The Bertz CT molecular complexity index is 337. The molecule has 0 saturated heterocycles. The molecule has 3 N–H and O–H groups in total. The summed E-state index contributed by atoms with van der Waals surface area (Å²) in [6, 6.07) is 6.01. The molecule has 1 aromatic carbocycles. The number of hydrogen-bond acceptors (Lipinski definition) is 3. The number of rotatable bonds is 5. The smallest absolute Gasteiger partial charge is 0.119 e. The Kier molecular flexibility index (Phi) is 4.77. The fourth-order valence-corrected chi connectivity index (χ4v) is 1.65. The van der Waals surface area contributed by atoms with Crippen LogP contribution in [-0.2, 0) is 0 Å². The summed E-state index contributed by atoms with van der Waals surface area (Å²) in [6.07, 6.45) is -0.593. The molecule has 1 atom stereocenters. The standard InChI is InChI=1S/C13H21NO2/c1-9(2)13-5-4-12(6-10(13)3)16-8-11(15)7-14/h4-6,9,11,15H,7-8,14H2,1-3H3. The molecule has 1 rings (SSSR count). The van der Waals surface area contributed by atoms with Gasteiger partial charge in [0.1, 0.15) is 18.5 Å². The number of hydrogen-bond donors (Lipinski definition) is 2. The van der Waals surface area contributed by atoms with E-state index in [0.29, 0.717) is 5.92 Å². The second kappa shape index (κ2) is 5.87. The molecule has 16 heavy (non-hydrogen) atoms. The first-order valence-electron chi connectivity index (χ1n) is 5.66. The van der Waals surface area contributed by atoms with E-state index in [4.69, 9.17) is 10.5 Å². The van der Waals surface area contributed by atoms with Crippen LogP contribution in [0.2, 0.25) is 0 Å². The zero-order valence-electron chi connectivity index (χ0n) is 10.2. The average molecular weight is 223 g/mol. The van der Waals surface area contributed by atoms with Gasteiger partial charge < -0.3 is 15.6 Å². The van der Waals surface area contributed by atoms with Crippen molar-refractivity contribution in [1.29, 1.82) is 0 Å². The molecule has 0 aliphatic rings. The molecule has 0 fully saturated rings. The van der Waals surface area contributed by atoms with Crippen LogP contribution in [0.25, 0.3) is 0 Å². The number of benzene rings is 1. The highest BCUT2D eigenvalue weighted by molar-refractivity contribution is 5.36. The molecule has 0 aromatic heterocycles. The van der Waals surface area contributed by atoms with E-state index in [0.717, 1.165) is 5.75 Å². The van der Waals surface area contributed by atoms with Gasteiger partial charge in [-0.15, -0.1) is 0 Å². The highest BCUT2D eigenvalue weighted by Crippen LogP contribution is 2.23. The van der Waals surface area contributed by atoms with Crippen molar-refractivity contribution in [2.24, 2.45) is 5.73 Å². The number of nitrogens with two attached hydrogens (primary N) is 1. The van der Waals surface area contributed by atoms with E-state index >= 15 is 0 Å². The summed E-state index contributed by atoms with van der Waals surface area (Å²) in [6.45, 7) is 6.88. The summed E-state index contributed by atoms with van der Waals surface area (Å²) < 4.78 is 5.44. The lowest BCUT2D eigenvalue weighted by Crippen LogP contribution is -2.26. The Morgan fingerprint density at radius 2 is 2.06 bits per heavy atom. The van der Waals surface area contributed by atoms with E-state index in [-0.39, 0.29) is 13.2 Å². The Morgan fingerprint density at radius 1 is 1.38 bits per heavy atom. The van der Waals surface area contributed by atoms with Gasteiger partial charge in [0.25, 0.3) is 0 Å². The molecule has 1 unspecified atom stereocenters. The molecular formula is C13H21NO2. The normalized spacial score (nSPS) is 12.9. The van der Waals surface area contributed by atoms with Gasteiger partial charge >= 0.3 is 0 Å². The zero-order valence-corrected chi connectivity index (χ0v) is 10.2. The maximum atomic E-state index is 9.28. The fraction of sp³-hybridized carbons (Fsp3) is 0.538. The summed E-state index contributed by atoms with van der Waals surface area (Å²) >= 11 is 0. The van der Waals surface area contributed by atoms with Crippen molar-refractivity contribution in [1.82, 2.24) is 0 Å². The number of aliphatic hydroxyl groups is 1. The van der Waals surface area contributed by atoms with E-state index in [1.54, 1.807) is 0 Å². The average Bonchev–Trinajstić information content (AvgIpc) is 2.25. The minimum absolute atomic E-state index is 0.225. The minimum atomic E-state index is -0.593. The van der Waals surface area contributed by atoms with E-state index in [9.17, 15) is 5.11 Å². The third-order valence-electron chi connectivity index (χ3n) is 2.58. The van der Waals surface area contributed by atoms with Gasteiger partial charge in [0.15, 0.2) is 0 Å². The maximum Gasteiger partial charge on any atom is 0.119 e. The van der Waals surface area contributed by atoms with Gasteiger partial charge in [-0.25, -0.2) is 0 Å². The van der Waals surface area contributed by atoms with Gasteiger partial charge in [-0.1, -0.05) is 19.9 Å². The molecule has 3 nitrogen and oxygen atoms in total. The number of ether oxygens (including phenoxy) is 1. The fourth-order valence-electron chi connectivity index (χ4n) is 1.65. The van der Waals surface area contributed by atoms with Gasteiger partial charge in [-0.2, -0.15) is 0 Å². The molecule has 1 aromatic rings. The largest absolute Gasteiger partial charge is 0.491 e. The first kappa shape index (κ1) is 13.0. The Hall–Kier alpha value is -1.06. The third-order valence-corrected chi connectivity index (χ3v) is 2.58. The molecule has 0 bridgehead atoms. The van der Waals surface area contributed by atoms with Crippen molar-refractivity contribution in [2.45, 2.75) is 32.8 Å². The molecule has 0 radical (unpaired) electrons. The van der Waals surface area contributed by atoms with Gasteiger partial charge in [-0.05, 0) is 36.1 Å². The molecule has 0 amide bonds. The van der Waals surface area contributed by atoms with Crippen LogP contribution in [0, 0.1) is 6.92 Å². The van der Waals surface area contributed by atoms with Gasteiger partial charge in [-0.3, -0.25) is 0 Å². The van der Waals surface area contributed by atoms with Crippen molar-refractivity contribution in [2.75, 3.05) is 13.2 Å². The molecule has 0 aliphatic carbocycles. The first-order chi connectivity index (χ1) is 7.54. The molecular weight excluding hydrogens is 202 g/mol. The molecule has 0 heterocycles. The Morgan fingerprint density at radius 3 is 2.56 bits per heavy atom. The van der Waals surface area contributed by atoms with Crippen LogP contribution in [-0.4, -0.2) is 24.4 Å². The highest BCUT2D eigenvalue weighted by Gasteiger charge is 2.06. The minimum Gasteiger partial charge on any atom is -0.491 e. The molecule has 90 valence electrons. The summed E-state index contributed by atoms with van der Waals surface area (Å²) in [7, 11) is 0. The van der Waals surface area contributed by atoms with Crippen LogP contribution in [0.1, 0.15) is 30.9 Å². The summed E-state index contributed by atoms with van der Waals surface area (Å²) in [5, 5.41) is 9.28. The van der Waals surface area contributed by atoms with Gasteiger partial charge in [0.05, 0.1) is 0 Å². The topological polar surface area (TPSA) is 55.5 Å². The van der Waals surface area contributed by atoms with E-state index in [2.05, 4.69) is 26.8 Å². The molecule has 0 saturated carbocycles. The van der Waals surface area contributed by atoms with E-state index in [1.165, 1.54) is 11.1 Å². The summed E-state index contributed by atoms with van der Waals surface area (Å²) in [5.74, 6) is 1.30. The Balaban J connectivity index is 2.66. The van der Waals surface area contributed by atoms with Crippen LogP contribution in [0.4, 0.5) is 0 Å². The van der Waals surface area contributed by atoms with Gasteiger partial charge in [0, 0.05) is 6.54 Å². The van der Waals surface area contributed by atoms with Crippen molar-refractivity contribution in [3.63, 3.8) is 0 Å². The Labute approximate surface area is 97.2 Å². The van der Waals surface area contributed by atoms with Crippen molar-refractivity contribution >= 4 is 0 Å². The first-order valence-corrected chi connectivity index (χ1v) is 5.66. The number of aliphatic hydroxyl groups excluding tert-OH is 1. The van der Waals surface area contributed by atoms with Crippen LogP contribution < -0.4 is 10.5 Å². The molecule has 0 aliphatic heterocycles. The highest BCUT2D eigenvalue weighted by atomic mass is 16.5. The van der Waals surface area contributed by atoms with Crippen LogP contribution in [0.15, 0.2) is 18.2 Å². The predicted octanol–water partition coefficient (Wildman–Crippen LogP) is 1.82. The zero-order chi connectivity index (χ0) is 12.1. The van der Waals surface area contributed by atoms with Crippen molar-refractivity contribution in [3.8, 4) is 5.75 Å². The van der Waals surface area contributed by atoms with Crippen molar-refractivity contribution < 1.29 is 9.84 Å². The second-order valence-corrected chi connectivity index (χ2v) is 4.37. The van der Waals surface area contributed by atoms with Crippen LogP contribution >= 0.6 is 0 Å². The SMILES string of the molecule is Cc1cc(OCC(O)CN)ccc1C(C)C. The predicted molar refractivity (Wildman–Crippen MR) is 65.8 cm³/mol.